The van der Waals surface area contributed by atoms with Crippen LogP contribution in [-0.2, 0) is 6.54 Å². The van der Waals surface area contributed by atoms with Crippen LogP contribution in [0.3, 0.4) is 0 Å². The minimum absolute atomic E-state index is 0.0473. The molecule has 0 saturated heterocycles. The first-order valence-electron chi connectivity index (χ1n) is 8.82. The highest BCUT2D eigenvalue weighted by atomic mass is 32.2. The highest BCUT2D eigenvalue weighted by Gasteiger charge is 2.31. The van der Waals surface area contributed by atoms with Gasteiger partial charge in [-0.05, 0) is 47.5 Å². The summed E-state index contributed by atoms with van der Waals surface area (Å²) < 4.78 is 54.7. The van der Waals surface area contributed by atoms with Crippen molar-refractivity contribution in [1.29, 1.82) is 0 Å². The number of benzene rings is 2. The molecule has 0 N–H and O–H groups in total. The number of pyridine rings is 1. The molecule has 30 heavy (non-hydrogen) atoms. The van der Waals surface area contributed by atoms with Crippen LogP contribution in [0.1, 0.15) is 16.1 Å². The quantitative estimate of drug-likeness (QED) is 0.509. The van der Waals surface area contributed by atoms with E-state index in [1.807, 2.05) is 0 Å². The summed E-state index contributed by atoms with van der Waals surface area (Å²) in [5.74, 6) is -0.687. The van der Waals surface area contributed by atoms with Crippen molar-refractivity contribution in [2.45, 2.75) is 17.8 Å². The SMILES string of the molecule is O=C1c2cc(-c3ccc(OC(F)(F)F)cc3)ccc2SCN1Cc1ncccc1F. The third-order valence-electron chi connectivity index (χ3n) is 4.47. The van der Waals surface area contributed by atoms with Crippen LogP contribution >= 0.6 is 11.8 Å². The number of carbonyl (C=O) groups is 1. The van der Waals surface area contributed by atoms with Gasteiger partial charge < -0.3 is 9.64 Å². The molecule has 0 saturated carbocycles. The molecule has 9 heteroatoms. The summed E-state index contributed by atoms with van der Waals surface area (Å²) in [5.41, 5.74) is 1.95. The molecule has 0 radical (unpaired) electrons. The second-order valence-corrected chi connectivity index (χ2v) is 7.48. The van der Waals surface area contributed by atoms with Gasteiger partial charge in [-0.3, -0.25) is 9.78 Å². The molecule has 0 fully saturated rings. The Kier molecular flexibility index (Phi) is 5.38. The number of thioether (sulfide) groups is 1. The van der Waals surface area contributed by atoms with Crippen molar-refractivity contribution in [3.8, 4) is 16.9 Å². The number of nitrogens with zero attached hydrogens (tertiary/aromatic N) is 2. The van der Waals surface area contributed by atoms with Gasteiger partial charge in [0.05, 0.1) is 23.7 Å². The zero-order valence-electron chi connectivity index (χ0n) is 15.3. The number of aromatic nitrogens is 1. The van der Waals surface area contributed by atoms with E-state index < -0.39 is 12.2 Å². The molecule has 1 aliphatic heterocycles. The smallest absolute Gasteiger partial charge is 0.406 e. The third-order valence-corrected chi connectivity index (χ3v) is 5.58. The second-order valence-electron chi connectivity index (χ2n) is 6.49. The maximum absolute atomic E-state index is 13.9. The molecule has 154 valence electrons. The van der Waals surface area contributed by atoms with Crippen LogP contribution in [0.5, 0.6) is 5.75 Å². The van der Waals surface area contributed by atoms with Crippen LogP contribution in [-0.4, -0.2) is 28.0 Å². The van der Waals surface area contributed by atoms with Gasteiger partial charge in [0.25, 0.3) is 5.91 Å². The summed E-state index contributed by atoms with van der Waals surface area (Å²) >= 11 is 1.45. The van der Waals surface area contributed by atoms with Gasteiger partial charge in [0.15, 0.2) is 0 Å². The second kappa shape index (κ2) is 7.98. The van der Waals surface area contributed by atoms with E-state index in [-0.39, 0.29) is 23.9 Å². The molecular weight excluding hydrogens is 420 g/mol. The van der Waals surface area contributed by atoms with Crippen LogP contribution in [0.15, 0.2) is 65.7 Å². The summed E-state index contributed by atoms with van der Waals surface area (Å²) in [4.78, 5) is 19.2. The Morgan fingerprint density at radius 1 is 1.07 bits per heavy atom. The first-order chi connectivity index (χ1) is 14.3. The zero-order valence-corrected chi connectivity index (χ0v) is 16.1. The standard InChI is InChI=1S/C21H14F4N2O2S/c22-17-2-1-9-26-18(17)11-27-12-30-19-8-5-14(10-16(19)20(27)28)13-3-6-15(7-4-13)29-21(23,24)25/h1-10H,11-12H2. The molecular formula is C21H14F4N2O2S. The predicted octanol–water partition coefficient (Wildman–Crippen LogP) is 5.49. The highest BCUT2D eigenvalue weighted by molar-refractivity contribution is 7.99. The molecule has 0 aliphatic carbocycles. The molecule has 0 atom stereocenters. The van der Waals surface area contributed by atoms with Crippen LogP contribution in [0.4, 0.5) is 17.6 Å². The van der Waals surface area contributed by atoms with Crippen LogP contribution in [0, 0.1) is 5.82 Å². The number of alkyl halides is 3. The minimum atomic E-state index is -4.76. The van der Waals surface area contributed by atoms with Gasteiger partial charge in [0.1, 0.15) is 11.6 Å². The molecule has 0 unspecified atom stereocenters. The first kappa shape index (κ1) is 20.2. The Morgan fingerprint density at radius 2 is 1.80 bits per heavy atom. The Labute approximate surface area is 173 Å². The number of amides is 1. The van der Waals surface area contributed by atoms with E-state index >= 15 is 0 Å². The maximum Gasteiger partial charge on any atom is 0.573 e. The van der Waals surface area contributed by atoms with Crippen LogP contribution < -0.4 is 4.74 Å². The normalized spacial score (nSPS) is 13.9. The maximum atomic E-state index is 13.9. The molecule has 1 aliphatic rings. The Morgan fingerprint density at radius 3 is 2.50 bits per heavy atom. The topological polar surface area (TPSA) is 42.4 Å². The van der Waals surface area contributed by atoms with Crippen molar-refractivity contribution in [2.75, 3.05) is 5.88 Å². The van der Waals surface area contributed by atoms with Crippen molar-refractivity contribution in [3.05, 3.63) is 77.9 Å². The van der Waals surface area contributed by atoms with Gasteiger partial charge in [-0.2, -0.15) is 0 Å². The zero-order chi connectivity index (χ0) is 21.3. The van der Waals surface area contributed by atoms with E-state index in [1.165, 1.54) is 59.3 Å². The first-order valence-corrected chi connectivity index (χ1v) is 9.80. The Balaban J connectivity index is 1.57. The number of rotatable bonds is 4. The molecule has 0 spiro atoms. The molecule has 3 aromatic rings. The predicted molar refractivity (Wildman–Crippen MR) is 103 cm³/mol. The third kappa shape index (κ3) is 4.40. The van der Waals surface area contributed by atoms with Gasteiger partial charge in [0, 0.05) is 11.1 Å². The lowest BCUT2D eigenvalue weighted by Crippen LogP contribution is -2.34. The van der Waals surface area contributed by atoms with Gasteiger partial charge in [0.2, 0.25) is 0 Å². The van der Waals surface area contributed by atoms with Crippen molar-refractivity contribution in [1.82, 2.24) is 9.88 Å². The molecule has 2 heterocycles. The van der Waals surface area contributed by atoms with Crippen molar-refractivity contribution in [3.63, 3.8) is 0 Å². The lowest BCUT2D eigenvalue weighted by atomic mass is 10.0. The number of ether oxygens (including phenoxy) is 1. The van der Waals surface area contributed by atoms with Crippen LogP contribution in [0.2, 0.25) is 0 Å². The van der Waals surface area contributed by atoms with E-state index in [2.05, 4.69) is 9.72 Å². The molecule has 2 aromatic carbocycles. The number of hydrogen-bond acceptors (Lipinski definition) is 4. The van der Waals surface area contributed by atoms with Crippen molar-refractivity contribution in [2.24, 2.45) is 0 Å². The van der Waals surface area contributed by atoms with E-state index in [1.54, 1.807) is 18.2 Å². The summed E-state index contributed by atoms with van der Waals surface area (Å²) in [7, 11) is 0. The fourth-order valence-electron chi connectivity index (χ4n) is 3.06. The molecule has 4 rings (SSSR count). The van der Waals surface area contributed by atoms with E-state index in [9.17, 15) is 22.4 Å². The van der Waals surface area contributed by atoms with E-state index in [0.717, 1.165) is 4.90 Å². The fraction of sp³-hybridized carbons (Fsp3) is 0.143. The highest BCUT2D eigenvalue weighted by Crippen LogP contribution is 2.35. The van der Waals surface area contributed by atoms with Crippen molar-refractivity contribution < 1.29 is 27.1 Å². The van der Waals surface area contributed by atoms with E-state index in [0.29, 0.717) is 22.6 Å². The summed E-state index contributed by atoms with van der Waals surface area (Å²) in [6.07, 6.45) is -3.29. The summed E-state index contributed by atoms with van der Waals surface area (Å²) in [5, 5.41) is 0. The lowest BCUT2D eigenvalue weighted by molar-refractivity contribution is -0.274. The Bertz CT molecular complexity index is 1090. The average Bonchev–Trinajstić information content (AvgIpc) is 2.71. The van der Waals surface area contributed by atoms with Gasteiger partial charge >= 0.3 is 6.36 Å². The van der Waals surface area contributed by atoms with Crippen molar-refractivity contribution >= 4 is 17.7 Å². The Hall–Kier alpha value is -3.07. The lowest BCUT2D eigenvalue weighted by Gasteiger charge is -2.28. The largest absolute Gasteiger partial charge is 0.573 e. The number of halogens is 4. The monoisotopic (exact) mass is 434 g/mol. The minimum Gasteiger partial charge on any atom is -0.406 e. The number of hydrogen-bond donors (Lipinski definition) is 0. The summed E-state index contributed by atoms with van der Waals surface area (Å²) in [6.45, 7) is 0.0473. The molecule has 4 nitrogen and oxygen atoms in total. The van der Waals surface area contributed by atoms with Gasteiger partial charge in [-0.25, -0.2) is 4.39 Å². The average molecular weight is 434 g/mol. The fourth-order valence-corrected chi connectivity index (χ4v) is 4.03. The van der Waals surface area contributed by atoms with Gasteiger partial charge in [-0.1, -0.05) is 18.2 Å². The summed E-state index contributed by atoms with van der Waals surface area (Å²) in [6, 6.07) is 13.5. The van der Waals surface area contributed by atoms with E-state index in [4.69, 9.17) is 0 Å². The molecule has 1 aromatic heterocycles. The molecule has 1 amide bonds. The number of fused-ring (bicyclic) bond motifs is 1. The van der Waals surface area contributed by atoms with Crippen LogP contribution in [0.25, 0.3) is 11.1 Å². The molecule has 0 bridgehead atoms. The number of carbonyl (C=O) groups excluding carboxylic acids is 1. The van der Waals surface area contributed by atoms with Gasteiger partial charge in [-0.15, -0.1) is 24.9 Å².